The zero-order valence-corrected chi connectivity index (χ0v) is 6.97. The lowest BCUT2D eigenvalue weighted by atomic mass is 10.1. The molecule has 0 saturated carbocycles. The molecule has 2 aromatic heterocycles. The van der Waals surface area contributed by atoms with Crippen molar-refractivity contribution in [2.75, 3.05) is 0 Å². The van der Waals surface area contributed by atoms with E-state index in [1.807, 2.05) is 6.07 Å². The quantitative estimate of drug-likeness (QED) is 0.744. The van der Waals surface area contributed by atoms with E-state index in [1.165, 1.54) is 0 Å². The van der Waals surface area contributed by atoms with Crippen molar-refractivity contribution in [1.82, 2.24) is 10.1 Å². The first-order chi connectivity index (χ1) is 6.42. The van der Waals surface area contributed by atoms with Crippen molar-refractivity contribution in [3.05, 3.63) is 36.3 Å². The van der Waals surface area contributed by atoms with Gasteiger partial charge in [-0.15, -0.1) is 0 Å². The highest BCUT2D eigenvalue weighted by Gasteiger charge is 2.05. The van der Waals surface area contributed by atoms with Gasteiger partial charge in [0.05, 0.1) is 6.20 Å². The highest BCUT2D eigenvalue weighted by molar-refractivity contribution is 5.60. The van der Waals surface area contributed by atoms with Crippen LogP contribution >= 0.6 is 0 Å². The van der Waals surface area contributed by atoms with Gasteiger partial charge in [-0.05, 0) is 11.6 Å². The average Bonchev–Trinajstić information content (AvgIpc) is 2.70. The fraction of sp³-hybridized carbons (Fsp3) is 0.111. The molecule has 66 valence electrons. The molecule has 4 heteroatoms. The monoisotopic (exact) mass is 175 g/mol. The predicted octanol–water partition coefficient (Wildman–Crippen LogP) is 1.20. The van der Waals surface area contributed by atoms with Gasteiger partial charge in [-0.2, -0.15) is 0 Å². The minimum absolute atomic E-state index is 0.448. The molecule has 0 aliphatic carbocycles. The Kier molecular flexibility index (Phi) is 2.06. The number of pyridine rings is 1. The number of aromatic nitrogens is 2. The number of nitrogens with two attached hydrogens (primary N) is 1. The van der Waals surface area contributed by atoms with Crippen molar-refractivity contribution >= 4 is 0 Å². The molecule has 13 heavy (non-hydrogen) atoms. The van der Waals surface area contributed by atoms with Gasteiger partial charge in [-0.25, -0.2) is 0 Å². The van der Waals surface area contributed by atoms with E-state index in [1.54, 1.807) is 24.7 Å². The van der Waals surface area contributed by atoms with Crippen molar-refractivity contribution in [3.63, 3.8) is 0 Å². The Morgan fingerprint density at radius 2 is 2.23 bits per heavy atom. The third kappa shape index (κ3) is 1.43. The Balaban J connectivity index is 2.51. The highest BCUT2D eigenvalue weighted by Crippen LogP contribution is 2.21. The summed E-state index contributed by atoms with van der Waals surface area (Å²) >= 11 is 0. The van der Waals surface area contributed by atoms with Crippen LogP contribution in [0.25, 0.3) is 11.3 Å². The second-order valence-corrected chi connectivity index (χ2v) is 2.61. The molecule has 0 aromatic carbocycles. The van der Waals surface area contributed by atoms with Crippen molar-refractivity contribution in [3.8, 4) is 11.3 Å². The van der Waals surface area contributed by atoms with Crippen molar-refractivity contribution in [1.29, 1.82) is 0 Å². The van der Waals surface area contributed by atoms with Crippen LogP contribution < -0.4 is 5.73 Å². The van der Waals surface area contributed by atoms with Crippen molar-refractivity contribution in [2.24, 2.45) is 5.73 Å². The molecule has 2 rings (SSSR count). The lowest BCUT2D eigenvalue weighted by molar-refractivity contribution is 0.432. The maximum absolute atomic E-state index is 5.55. The lowest BCUT2D eigenvalue weighted by Crippen LogP contribution is -1.98. The number of hydrogen-bond donors (Lipinski definition) is 1. The third-order valence-corrected chi connectivity index (χ3v) is 1.83. The van der Waals surface area contributed by atoms with E-state index in [4.69, 9.17) is 10.3 Å². The van der Waals surface area contributed by atoms with Crippen LogP contribution in [0.1, 0.15) is 5.56 Å². The molecule has 0 fully saturated rings. The Hall–Kier alpha value is -1.68. The molecule has 0 aliphatic heterocycles. The van der Waals surface area contributed by atoms with Gasteiger partial charge < -0.3 is 10.3 Å². The minimum atomic E-state index is 0.448. The molecular formula is C9H9N3O. The summed E-state index contributed by atoms with van der Waals surface area (Å²) in [5, 5.41) is 3.64. The van der Waals surface area contributed by atoms with Crippen LogP contribution in [0.15, 0.2) is 35.2 Å². The molecule has 0 aliphatic rings. The largest absolute Gasteiger partial charge is 0.356 e. The number of nitrogens with zero attached hydrogens (tertiary/aromatic N) is 2. The van der Waals surface area contributed by atoms with Gasteiger partial charge in [-0.1, -0.05) is 5.16 Å². The first-order valence-electron chi connectivity index (χ1n) is 3.96. The van der Waals surface area contributed by atoms with E-state index in [9.17, 15) is 0 Å². The number of rotatable bonds is 2. The summed E-state index contributed by atoms with van der Waals surface area (Å²) in [4.78, 5) is 3.98. The summed E-state index contributed by atoms with van der Waals surface area (Å²) in [6.07, 6.45) is 5.05. The topological polar surface area (TPSA) is 64.9 Å². The van der Waals surface area contributed by atoms with Gasteiger partial charge in [0.1, 0.15) is 0 Å². The van der Waals surface area contributed by atoms with Crippen LogP contribution in [0.4, 0.5) is 0 Å². The first-order valence-corrected chi connectivity index (χ1v) is 3.96. The molecular weight excluding hydrogens is 166 g/mol. The fourth-order valence-electron chi connectivity index (χ4n) is 1.18. The summed E-state index contributed by atoms with van der Waals surface area (Å²) < 4.78 is 5.03. The Bertz CT molecular complexity index is 384. The van der Waals surface area contributed by atoms with E-state index in [2.05, 4.69) is 10.1 Å². The van der Waals surface area contributed by atoms with E-state index in [0.717, 1.165) is 16.9 Å². The Morgan fingerprint density at radius 1 is 1.31 bits per heavy atom. The van der Waals surface area contributed by atoms with E-state index in [0.29, 0.717) is 6.54 Å². The molecule has 0 bridgehead atoms. The summed E-state index contributed by atoms with van der Waals surface area (Å²) in [5.41, 5.74) is 7.47. The molecule has 2 N–H and O–H groups in total. The molecule has 0 spiro atoms. The van der Waals surface area contributed by atoms with Gasteiger partial charge in [-0.3, -0.25) is 4.98 Å². The zero-order valence-electron chi connectivity index (χ0n) is 6.97. The molecule has 0 radical (unpaired) electrons. The van der Waals surface area contributed by atoms with E-state index in [-0.39, 0.29) is 0 Å². The Morgan fingerprint density at radius 3 is 2.92 bits per heavy atom. The zero-order chi connectivity index (χ0) is 9.10. The first kappa shape index (κ1) is 7.94. The van der Waals surface area contributed by atoms with Crippen molar-refractivity contribution < 1.29 is 4.52 Å². The van der Waals surface area contributed by atoms with Gasteiger partial charge in [0, 0.05) is 30.6 Å². The lowest BCUT2D eigenvalue weighted by Gasteiger charge is -2.01. The van der Waals surface area contributed by atoms with Gasteiger partial charge >= 0.3 is 0 Å². The fourth-order valence-corrected chi connectivity index (χ4v) is 1.18. The maximum Gasteiger partial charge on any atom is 0.167 e. The SMILES string of the molecule is NCc1cnccc1-c1ccno1. The summed E-state index contributed by atoms with van der Waals surface area (Å²) in [6.45, 7) is 0.448. The number of hydrogen-bond acceptors (Lipinski definition) is 4. The highest BCUT2D eigenvalue weighted by atomic mass is 16.5. The van der Waals surface area contributed by atoms with Crippen LogP contribution in [0.2, 0.25) is 0 Å². The van der Waals surface area contributed by atoms with Crippen LogP contribution in [-0.2, 0) is 6.54 Å². The van der Waals surface area contributed by atoms with Crippen LogP contribution in [0, 0.1) is 0 Å². The van der Waals surface area contributed by atoms with Crippen LogP contribution in [0.5, 0.6) is 0 Å². The van der Waals surface area contributed by atoms with Gasteiger partial charge in [0.25, 0.3) is 0 Å². The van der Waals surface area contributed by atoms with Crippen molar-refractivity contribution in [2.45, 2.75) is 6.54 Å². The molecule has 2 heterocycles. The Labute approximate surface area is 75.4 Å². The van der Waals surface area contributed by atoms with Crippen LogP contribution in [-0.4, -0.2) is 10.1 Å². The smallest absolute Gasteiger partial charge is 0.167 e. The maximum atomic E-state index is 5.55. The van der Waals surface area contributed by atoms with Gasteiger partial charge in [0.15, 0.2) is 5.76 Å². The van der Waals surface area contributed by atoms with E-state index < -0.39 is 0 Å². The van der Waals surface area contributed by atoms with Gasteiger partial charge in [0.2, 0.25) is 0 Å². The molecule has 2 aromatic rings. The average molecular weight is 175 g/mol. The second-order valence-electron chi connectivity index (χ2n) is 2.61. The molecule has 0 atom stereocenters. The van der Waals surface area contributed by atoms with E-state index >= 15 is 0 Å². The predicted molar refractivity (Wildman–Crippen MR) is 47.6 cm³/mol. The molecule has 0 saturated heterocycles. The summed E-state index contributed by atoms with van der Waals surface area (Å²) in [6, 6.07) is 3.66. The minimum Gasteiger partial charge on any atom is -0.356 e. The summed E-state index contributed by atoms with van der Waals surface area (Å²) in [7, 11) is 0. The standard InChI is InChI=1S/C9H9N3O/c10-5-7-6-11-3-1-8(7)9-2-4-12-13-9/h1-4,6H,5,10H2. The second kappa shape index (κ2) is 3.37. The van der Waals surface area contributed by atoms with Crippen LogP contribution in [0.3, 0.4) is 0 Å². The molecule has 4 nitrogen and oxygen atoms in total. The molecule has 0 amide bonds. The molecule has 0 unspecified atom stereocenters. The summed E-state index contributed by atoms with van der Waals surface area (Å²) in [5.74, 6) is 0.725. The normalized spacial score (nSPS) is 10.2. The third-order valence-electron chi connectivity index (χ3n) is 1.83.